The summed E-state index contributed by atoms with van der Waals surface area (Å²) in [6.45, 7) is 4.91. The van der Waals surface area contributed by atoms with E-state index < -0.39 is 12.5 Å². The summed E-state index contributed by atoms with van der Waals surface area (Å²) in [4.78, 5) is 25.4. The zero-order valence-electron chi connectivity index (χ0n) is 19.7. The van der Waals surface area contributed by atoms with Gasteiger partial charge in [0.05, 0.1) is 10.7 Å². The van der Waals surface area contributed by atoms with E-state index in [1.54, 1.807) is 23.6 Å². The van der Waals surface area contributed by atoms with Crippen LogP contribution in [0.4, 0.5) is 8.78 Å². The van der Waals surface area contributed by atoms with E-state index in [1.165, 1.54) is 11.3 Å². The molecule has 34 heavy (non-hydrogen) atoms. The molecule has 6 nitrogen and oxygen atoms in total. The topological polar surface area (TPSA) is 67.4 Å². The van der Waals surface area contributed by atoms with E-state index in [0.29, 0.717) is 11.1 Å². The predicted octanol–water partition coefficient (Wildman–Crippen LogP) is 5.08. The Balaban J connectivity index is 1.15. The van der Waals surface area contributed by atoms with E-state index >= 15 is 0 Å². The first-order valence-electron chi connectivity index (χ1n) is 11.9. The first-order chi connectivity index (χ1) is 16.2. The molecule has 0 radical (unpaired) electrons. The van der Waals surface area contributed by atoms with Crippen molar-refractivity contribution >= 4 is 34.7 Å². The van der Waals surface area contributed by atoms with Gasteiger partial charge in [-0.3, -0.25) is 9.69 Å². The molecule has 10 heteroatoms. The highest BCUT2D eigenvalue weighted by Crippen LogP contribution is 2.32. The number of fused-ring (bicyclic) bond motifs is 1. The third-order valence-corrected chi connectivity index (χ3v) is 8.27. The molecule has 0 saturated heterocycles. The minimum absolute atomic E-state index is 0.0344. The molecule has 1 N–H and O–H groups in total. The maximum atomic E-state index is 13.0. The second-order valence-corrected chi connectivity index (χ2v) is 11.7. The number of nitrogens with zero attached hydrogens (tertiary/aromatic N) is 3. The van der Waals surface area contributed by atoms with Crippen LogP contribution in [-0.4, -0.2) is 52.4 Å². The van der Waals surface area contributed by atoms with Gasteiger partial charge < -0.3 is 10.1 Å². The molecule has 0 spiro atoms. The van der Waals surface area contributed by atoms with Gasteiger partial charge in [0, 0.05) is 48.1 Å². The molecule has 4 rings (SSSR count). The smallest absolute Gasteiger partial charge is 0.278 e. The number of thiazole rings is 2. The van der Waals surface area contributed by atoms with E-state index in [0.717, 1.165) is 85.5 Å². The Kier molecular flexibility index (Phi) is 8.31. The van der Waals surface area contributed by atoms with Crippen LogP contribution in [0.5, 0.6) is 5.19 Å². The quantitative estimate of drug-likeness (QED) is 0.477. The highest BCUT2D eigenvalue weighted by molar-refractivity contribution is 7.13. The van der Waals surface area contributed by atoms with Crippen LogP contribution in [0.3, 0.4) is 0 Å². The summed E-state index contributed by atoms with van der Waals surface area (Å²) < 4.78 is 31.3. The minimum Gasteiger partial charge on any atom is -0.464 e. The molecule has 0 atom stereocenters. The number of rotatable bonds is 9. The molecule has 2 aromatic rings. The van der Waals surface area contributed by atoms with Crippen molar-refractivity contribution in [2.24, 2.45) is 5.92 Å². The van der Waals surface area contributed by atoms with Gasteiger partial charge in [-0.05, 0) is 64.0 Å². The van der Waals surface area contributed by atoms with Crippen molar-refractivity contribution < 1.29 is 18.3 Å². The molecule has 3 heterocycles. The molecule has 1 saturated carbocycles. The number of carbonyl (C=O) groups is 1. The minimum atomic E-state index is -2.85. The van der Waals surface area contributed by atoms with Gasteiger partial charge in [-0.2, -0.15) is 0 Å². The lowest BCUT2D eigenvalue weighted by atomic mass is 9.84. The summed E-state index contributed by atoms with van der Waals surface area (Å²) in [6.07, 6.45) is 11.5. The van der Waals surface area contributed by atoms with E-state index in [1.807, 2.05) is 13.0 Å². The van der Waals surface area contributed by atoms with Gasteiger partial charge in [-0.25, -0.2) is 18.7 Å². The first kappa shape index (κ1) is 25.2. The Hall–Kier alpha value is -1.91. The second-order valence-electron chi connectivity index (χ2n) is 9.36. The Morgan fingerprint density at radius 2 is 2.12 bits per heavy atom. The van der Waals surface area contributed by atoms with Crippen LogP contribution in [0.1, 0.15) is 59.5 Å². The lowest BCUT2D eigenvalue weighted by molar-refractivity contribution is -0.117. The number of aromatic nitrogens is 2. The number of ether oxygens (including phenoxy) is 1. The second kappa shape index (κ2) is 11.2. The molecule has 2 aromatic heterocycles. The highest BCUT2D eigenvalue weighted by Gasteiger charge is 2.27. The molecule has 0 unspecified atom stereocenters. The molecular formula is C24H32F2N4O2S2. The lowest BCUT2D eigenvalue weighted by Crippen LogP contribution is -2.37. The first-order valence-corrected chi connectivity index (χ1v) is 13.5. The Labute approximate surface area is 207 Å². The van der Waals surface area contributed by atoms with E-state index in [-0.39, 0.29) is 11.9 Å². The molecule has 1 aliphatic heterocycles. The fraction of sp³-hybridized carbons (Fsp3) is 0.625. The average Bonchev–Trinajstić information content (AvgIpc) is 3.40. The van der Waals surface area contributed by atoms with Gasteiger partial charge in [0.25, 0.3) is 11.1 Å². The Morgan fingerprint density at radius 1 is 1.32 bits per heavy atom. The van der Waals surface area contributed by atoms with Crippen LogP contribution in [0.2, 0.25) is 0 Å². The van der Waals surface area contributed by atoms with Crippen LogP contribution in [0.25, 0.3) is 6.08 Å². The summed E-state index contributed by atoms with van der Waals surface area (Å²) in [7, 11) is 0. The number of carbonyl (C=O) groups excluding carboxylic acids is 1. The summed E-state index contributed by atoms with van der Waals surface area (Å²) in [5, 5.41) is 4.48. The molecule has 0 aromatic carbocycles. The largest absolute Gasteiger partial charge is 0.464 e. The fourth-order valence-corrected chi connectivity index (χ4v) is 6.09. The normalized spacial score (nSPS) is 21.5. The van der Waals surface area contributed by atoms with E-state index in [4.69, 9.17) is 4.74 Å². The summed E-state index contributed by atoms with van der Waals surface area (Å²) >= 11 is 2.97. The SMILES string of the molecule is Cc1ncc(/C=C/C(=O)N[C@H]2CC[C@H](CCN3CCc4sc(OCC(C)(F)F)nc4C3)CC2)s1. The molecule has 186 valence electrons. The summed E-state index contributed by atoms with van der Waals surface area (Å²) in [6, 6.07) is 0.248. The number of aryl methyl sites for hydroxylation is 1. The van der Waals surface area contributed by atoms with Crippen LogP contribution in [0.15, 0.2) is 12.3 Å². The zero-order chi connectivity index (χ0) is 24.1. The third kappa shape index (κ3) is 7.55. The van der Waals surface area contributed by atoms with Gasteiger partial charge in [0.15, 0.2) is 6.61 Å². The number of amides is 1. The molecule has 2 aliphatic rings. The monoisotopic (exact) mass is 510 g/mol. The summed E-state index contributed by atoms with van der Waals surface area (Å²) in [5.41, 5.74) is 0.971. The Morgan fingerprint density at radius 3 is 2.82 bits per heavy atom. The Bertz CT molecular complexity index is 994. The van der Waals surface area contributed by atoms with Crippen LogP contribution >= 0.6 is 22.7 Å². The van der Waals surface area contributed by atoms with Crippen molar-refractivity contribution in [1.82, 2.24) is 20.2 Å². The van der Waals surface area contributed by atoms with Crippen LogP contribution < -0.4 is 10.1 Å². The van der Waals surface area contributed by atoms with Crippen LogP contribution in [-0.2, 0) is 17.8 Å². The molecule has 1 aliphatic carbocycles. The van der Waals surface area contributed by atoms with Crippen molar-refractivity contribution in [2.75, 3.05) is 19.7 Å². The van der Waals surface area contributed by atoms with E-state index in [2.05, 4.69) is 20.2 Å². The fourth-order valence-electron chi connectivity index (χ4n) is 4.49. The highest BCUT2D eigenvalue weighted by atomic mass is 32.1. The van der Waals surface area contributed by atoms with E-state index in [9.17, 15) is 13.6 Å². The number of nitrogens with one attached hydrogen (secondary N) is 1. The number of alkyl halides is 2. The van der Waals surface area contributed by atoms with Gasteiger partial charge >= 0.3 is 0 Å². The zero-order valence-corrected chi connectivity index (χ0v) is 21.3. The van der Waals surface area contributed by atoms with Gasteiger partial charge in [0.2, 0.25) is 5.91 Å². The van der Waals surface area contributed by atoms with Gasteiger partial charge in [-0.1, -0.05) is 11.3 Å². The van der Waals surface area contributed by atoms with Gasteiger partial charge in [0.1, 0.15) is 0 Å². The summed E-state index contributed by atoms with van der Waals surface area (Å²) in [5.74, 6) is -2.21. The number of halogens is 2. The third-order valence-electron chi connectivity index (χ3n) is 6.32. The molecular weight excluding hydrogens is 478 g/mol. The molecule has 0 bridgehead atoms. The lowest BCUT2D eigenvalue weighted by Gasteiger charge is -2.31. The maximum Gasteiger partial charge on any atom is 0.278 e. The van der Waals surface area contributed by atoms with Gasteiger partial charge in [-0.15, -0.1) is 11.3 Å². The van der Waals surface area contributed by atoms with Crippen molar-refractivity contribution in [2.45, 2.75) is 70.9 Å². The number of hydrogen-bond donors (Lipinski definition) is 1. The maximum absolute atomic E-state index is 13.0. The van der Waals surface area contributed by atoms with Crippen molar-refractivity contribution in [3.8, 4) is 5.19 Å². The van der Waals surface area contributed by atoms with Crippen molar-refractivity contribution in [3.63, 3.8) is 0 Å². The van der Waals surface area contributed by atoms with Crippen molar-refractivity contribution in [3.05, 3.63) is 32.7 Å². The standard InChI is InChI=1S/C24H32F2N4O2S2/c1-16-27-13-19(33-16)7-8-22(31)28-18-5-3-17(4-6-18)9-11-30-12-10-21-20(14-30)29-23(34-21)32-15-24(2,25)26/h7-8,13,17-18H,3-6,9-12,14-15H2,1-2H3,(H,28,31)/b8-7+/t17-,18-. The van der Waals surface area contributed by atoms with Crippen molar-refractivity contribution in [1.29, 1.82) is 0 Å². The molecule has 1 amide bonds. The number of hydrogen-bond acceptors (Lipinski definition) is 7. The van der Waals surface area contributed by atoms with Crippen LogP contribution in [0, 0.1) is 12.8 Å². The predicted molar refractivity (Wildman–Crippen MR) is 132 cm³/mol. The average molecular weight is 511 g/mol. The molecule has 1 fully saturated rings.